The van der Waals surface area contributed by atoms with E-state index in [4.69, 9.17) is 4.98 Å². The molecule has 4 aromatic carbocycles. The Hall–Kier alpha value is -5.94. The van der Waals surface area contributed by atoms with Crippen LogP contribution < -0.4 is 5.32 Å². The summed E-state index contributed by atoms with van der Waals surface area (Å²) < 4.78 is 4.66. The molecule has 5 heterocycles. The molecule has 0 bridgehead atoms. The summed E-state index contributed by atoms with van der Waals surface area (Å²) in [7, 11) is 0. The first-order chi connectivity index (χ1) is 21.8. The molecule has 1 N–H and O–H groups in total. The molecule has 0 amide bonds. The van der Waals surface area contributed by atoms with Gasteiger partial charge in [-0.05, 0) is 66.9 Å². The number of fused-ring (bicyclic) bond motifs is 6. The van der Waals surface area contributed by atoms with Gasteiger partial charge in [0.1, 0.15) is 0 Å². The molecule has 1 aliphatic rings. The molecule has 0 spiro atoms. The van der Waals surface area contributed by atoms with Crippen molar-refractivity contribution in [2.24, 2.45) is 0 Å². The van der Waals surface area contributed by atoms with E-state index < -0.39 is 0 Å². The maximum atomic E-state index is 5.08. The maximum Gasteiger partial charge on any atom is 0.0709 e. The number of nitrogens with one attached hydrogen (secondary N) is 1. The van der Waals surface area contributed by atoms with Crippen molar-refractivity contribution >= 4 is 38.8 Å². The minimum Gasteiger partial charge on any atom is -0.387 e. The Morgan fingerprint density at radius 1 is 0.545 bits per heavy atom. The predicted molar refractivity (Wildman–Crippen MR) is 180 cm³/mol. The summed E-state index contributed by atoms with van der Waals surface area (Å²) in [6.45, 7) is 0.839. The van der Waals surface area contributed by atoms with E-state index in [1.807, 2.05) is 18.6 Å². The van der Waals surface area contributed by atoms with Crippen LogP contribution in [0, 0.1) is 0 Å². The SMILES string of the molecule is C1=Cc2c(c3ccccc3n2-c2ccc(-c3cccc(-c4ccc(-n5c6ccccc6c6cnccc65)cc4)n3)cc2)CN1. The lowest BCUT2D eigenvalue weighted by molar-refractivity contribution is 0.855. The Kier molecular flexibility index (Phi) is 5.50. The molecule has 0 radical (unpaired) electrons. The molecule has 0 unspecified atom stereocenters. The van der Waals surface area contributed by atoms with E-state index >= 15 is 0 Å². The molecule has 0 fully saturated rings. The highest BCUT2D eigenvalue weighted by Crippen LogP contribution is 2.34. The van der Waals surface area contributed by atoms with Gasteiger partial charge >= 0.3 is 0 Å². The zero-order valence-corrected chi connectivity index (χ0v) is 23.9. The maximum absolute atomic E-state index is 5.08. The fraction of sp³-hybridized carbons (Fsp3) is 0.0256. The number of para-hydroxylation sites is 2. The average molecular weight is 566 g/mol. The number of hydrogen-bond donors (Lipinski definition) is 1. The summed E-state index contributed by atoms with van der Waals surface area (Å²) in [4.78, 5) is 9.45. The number of hydrogen-bond acceptors (Lipinski definition) is 3. The smallest absolute Gasteiger partial charge is 0.0709 e. The summed E-state index contributed by atoms with van der Waals surface area (Å²) in [5, 5.41) is 7.02. The fourth-order valence-corrected chi connectivity index (χ4v) is 6.68. The zero-order chi connectivity index (χ0) is 29.0. The largest absolute Gasteiger partial charge is 0.387 e. The molecule has 0 atom stereocenters. The van der Waals surface area contributed by atoms with Crippen molar-refractivity contribution in [3.05, 3.63) is 151 Å². The number of benzene rings is 4. The van der Waals surface area contributed by atoms with Crippen LogP contribution in [-0.4, -0.2) is 19.1 Å². The first-order valence-electron chi connectivity index (χ1n) is 14.9. The second-order valence-electron chi connectivity index (χ2n) is 11.2. The molecule has 5 nitrogen and oxygen atoms in total. The number of nitrogens with zero attached hydrogens (tertiary/aromatic N) is 4. The minimum absolute atomic E-state index is 0.839. The van der Waals surface area contributed by atoms with E-state index in [0.717, 1.165) is 51.3 Å². The third-order valence-electron chi connectivity index (χ3n) is 8.72. The number of rotatable bonds is 4. The molecular formula is C39H27N5. The van der Waals surface area contributed by atoms with Crippen molar-refractivity contribution in [1.82, 2.24) is 24.4 Å². The van der Waals surface area contributed by atoms with E-state index in [1.165, 1.54) is 33.1 Å². The average Bonchev–Trinajstić information content (AvgIpc) is 3.62. The molecule has 1 aliphatic heterocycles. The molecule has 4 aromatic heterocycles. The summed E-state index contributed by atoms with van der Waals surface area (Å²) >= 11 is 0. The van der Waals surface area contributed by atoms with E-state index in [9.17, 15) is 0 Å². The minimum atomic E-state index is 0.839. The van der Waals surface area contributed by atoms with Crippen LogP contribution in [-0.2, 0) is 6.54 Å². The Morgan fingerprint density at radius 3 is 1.89 bits per heavy atom. The Balaban J connectivity index is 1.05. The fourth-order valence-electron chi connectivity index (χ4n) is 6.68. The predicted octanol–water partition coefficient (Wildman–Crippen LogP) is 8.93. The lowest BCUT2D eigenvalue weighted by Gasteiger charge is -2.13. The van der Waals surface area contributed by atoms with Gasteiger partial charge in [0, 0.05) is 63.2 Å². The van der Waals surface area contributed by atoms with Crippen molar-refractivity contribution in [3.63, 3.8) is 0 Å². The first-order valence-corrected chi connectivity index (χ1v) is 14.9. The molecule has 0 saturated carbocycles. The van der Waals surface area contributed by atoms with Gasteiger partial charge in [-0.15, -0.1) is 0 Å². The van der Waals surface area contributed by atoms with Crippen LogP contribution in [0.3, 0.4) is 0 Å². The molecule has 5 heteroatoms. The van der Waals surface area contributed by atoms with Gasteiger partial charge in [-0.2, -0.15) is 0 Å². The quantitative estimate of drug-likeness (QED) is 0.232. The Labute approximate surface area is 254 Å². The van der Waals surface area contributed by atoms with E-state index in [1.54, 1.807) is 0 Å². The lowest BCUT2D eigenvalue weighted by Crippen LogP contribution is -2.10. The first kappa shape index (κ1) is 24.6. The topological polar surface area (TPSA) is 47.7 Å². The van der Waals surface area contributed by atoms with Crippen LogP contribution in [0.4, 0.5) is 0 Å². The van der Waals surface area contributed by atoms with Crippen molar-refractivity contribution in [2.45, 2.75) is 6.54 Å². The van der Waals surface area contributed by atoms with Crippen molar-refractivity contribution in [2.75, 3.05) is 0 Å². The van der Waals surface area contributed by atoms with Gasteiger partial charge in [-0.25, -0.2) is 4.98 Å². The highest BCUT2D eigenvalue weighted by molar-refractivity contribution is 6.08. The van der Waals surface area contributed by atoms with Crippen LogP contribution in [0.2, 0.25) is 0 Å². The third-order valence-corrected chi connectivity index (χ3v) is 8.72. The third kappa shape index (κ3) is 3.80. The van der Waals surface area contributed by atoms with Gasteiger partial charge in [0.2, 0.25) is 0 Å². The molecule has 9 rings (SSSR count). The van der Waals surface area contributed by atoms with Gasteiger partial charge in [-0.3, -0.25) is 4.98 Å². The normalized spacial score (nSPS) is 12.5. The van der Waals surface area contributed by atoms with Crippen molar-refractivity contribution < 1.29 is 0 Å². The standard InChI is InChI=1S/C39H27N5/c1-3-10-36-30(6-1)32-24-40-22-20-38(32)43(36)28-16-12-26(13-17-28)34-8-5-9-35(42-34)27-14-18-29(19-15-27)44-37-11-4-2-7-31(37)33-25-41-23-21-39(33)44/h1-24,41H,25H2. The molecule has 0 saturated heterocycles. The number of aromatic nitrogens is 4. The summed E-state index contributed by atoms with van der Waals surface area (Å²) in [5.74, 6) is 0. The van der Waals surface area contributed by atoms with Gasteiger partial charge in [-0.1, -0.05) is 66.7 Å². The van der Waals surface area contributed by atoms with Gasteiger partial charge < -0.3 is 14.5 Å². The van der Waals surface area contributed by atoms with Crippen LogP contribution >= 0.6 is 0 Å². The molecule has 208 valence electrons. The summed E-state index contributed by atoms with van der Waals surface area (Å²) in [6.07, 6.45) is 8.01. The van der Waals surface area contributed by atoms with Gasteiger partial charge in [0.25, 0.3) is 0 Å². The van der Waals surface area contributed by atoms with Crippen molar-refractivity contribution in [1.29, 1.82) is 0 Å². The summed E-state index contributed by atoms with van der Waals surface area (Å²) in [6, 6.07) is 42.9. The highest BCUT2D eigenvalue weighted by Gasteiger charge is 2.18. The van der Waals surface area contributed by atoms with Crippen LogP contribution in [0.25, 0.3) is 72.7 Å². The molecule has 0 aliphatic carbocycles. The van der Waals surface area contributed by atoms with E-state index in [-0.39, 0.29) is 0 Å². The summed E-state index contributed by atoms with van der Waals surface area (Å²) in [5.41, 5.74) is 12.5. The zero-order valence-electron chi connectivity index (χ0n) is 23.9. The lowest BCUT2D eigenvalue weighted by atomic mass is 10.1. The molecular weight excluding hydrogens is 538 g/mol. The monoisotopic (exact) mass is 565 g/mol. The highest BCUT2D eigenvalue weighted by atomic mass is 15.0. The Morgan fingerprint density at radius 2 is 1.16 bits per heavy atom. The molecule has 8 aromatic rings. The second kappa shape index (κ2) is 9.82. The van der Waals surface area contributed by atoms with E-state index in [2.05, 4.69) is 147 Å². The molecule has 44 heavy (non-hydrogen) atoms. The van der Waals surface area contributed by atoms with Crippen LogP contribution in [0.15, 0.2) is 140 Å². The van der Waals surface area contributed by atoms with E-state index in [0.29, 0.717) is 0 Å². The van der Waals surface area contributed by atoms with Crippen LogP contribution in [0.1, 0.15) is 11.3 Å². The van der Waals surface area contributed by atoms with Gasteiger partial charge in [0.05, 0.1) is 33.6 Å². The van der Waals surface area contributed by atoms with Crippen molar-refractivity contribution in [3.8, 4) is 33.9 Å². The van der Waals surface area contributed by atoms with Crippen LogP contribution in [0.5, 0.6) is 0 Å². The Bertz CT molecular complexity index is 2320. The number of pyridine rings is 2. The van der Waals surface area contributed by atoms with Gasteiger partial charge in [0.15, 0.2) is 0 Å². The second-order valence-corrected chi connectivity index (χ2v) is 11.2.